The molecule has 12 rings (SSSR count). The van der Waals surface area contributed by atoms with Crippen LogP contribution in [0.25, 0.3) is 19.5 Å². The first-order valence-electron chi connectivity index (χ1n) is 22.9. The van der Waals surface area contributed by atoms with Crippen LogP contribution in [0.3, 0.4) is 0 Å². The number of rotatable bonds is 8. The minimum Gasteiger partial charge on any atom is -0.339 e. The van der Waals surface area contributed by atoms with Crippen LogP contribution >= 0.6 is 45.3 Å². The summed E-state index contributed by atoms with van der Waals surface area (Å²) in [6, 6.07) is 3.23. The molecule has 0 atom stereocenters. The third-order valence-corrected chi connectivity index (χ3v) is 18.1. The Morgan fingerprint density at radius 3 is 0.698 bits per heavy atom. The van der Waals surface area contributed by atoms with Gasteiger partial charge in [-0.05, 0) is 24.3 Å². The molecule has 2 spiro atoms. The van der Waals surface area contributed by atoms with Crippen molar-refractivity contribution >= 4 is 80.0 Å². The third kappa shape index (κ3) is 8.33. The Kier molecular flexibility index (Phi) is 14.6. The minimum atomic E-state index is -2.54. The van der Waals surface area contributed by atoms with Crippen LogP contribution in [-0.2, 0) is 30.5 Å². The van der Waals surface area contributed by atoms with Gasteiger partial charge in [0.2, 0.25) is 58.0 Å². The highest BCUT2D eigenvalue weighted by molar-refractivity contribution is 7.25. The van der Waals surface area contributed by atoms with Crippen LogP contribution in [0.5, 0.6) is 0 Å². The van der Waals surface area contributed by atoms with Gasteiger partial charge in [-0.3, -0.25) is 28.8 Å². The smallest absolute Gasteiger partial charge is 0.257 e. The maximum Gasteiger partial charge on any atom is 0.257 e. The molecular weight excluding hydrogens is 1290 g/mol. The number of carbonyl (C=O) groups excluding carboxylic acids is 6. The number of hydrogen-bond donors (Lipinski definition) is 0. The van der Waals surface area contributed by atoms with Gasteiger partial charge in [-0.2, -0.15) is 0 Å². The third-order valence-electron chi connectivity index (χ3n) is 13.2. The molecule has 34 heteroatoms. The monoisotopic (exact) mass is 1300 g/mol. The molecule has 2 aliphatic heterocycles. The van der Waals surface area contributed by atoms with Gasteiger partial charge in [0.15, 0.2) is 93.1 Å². The van der Waals surface area contributed by atoms with Crippen molar-refractivity contribution in [3.8, 4) is 19.5 Å². The van der Waals surface area contributed by atoms with Crippen LogP contribution in [0.2, 0.25) is 0 Å². The van der Waals surface area contributed by atoms with E-state index in [4.69, 9.17) is 18.9 Å². The number of ether oxygens (including phenoxy) is 4. The molecule has 2 fully saturated rings. The Bertz CT molecular complexity index is 4080. The average molecular weight is 1300 g/mol. The maximum atomic E-state index is 14.6. The second-order valence-corrected chi connectivity index (χ2v) is 22.0. The van der Waals surface area contributed by atoms with Gasteiger partial charge in [-0.25, -0.2) is 87.8 Å². The standard InChI is InChI=1S/C28H10F10O6S2.C24H2F10O4S2/c29-13-11(14(30)18(34)21(37)17(13)33)23(39)9-5-7-25(45-9)26-8(28(43-3-4-44-28)27(7)41-1-2-42-27)6-10(46-26)24(40)12-15(31)19(35)22(38)20(36)16(12)32;25-9-7(10(26)14(30)17(33)13(9)29)21(37)5-1-3-19(35)20(36)4-2-6(40-24(4)23(3)39-5)22(38)8-11(27)15(31)18(34)16(32)12(8)28/h5-6H,1-4H2;1-2H. The lowest BCUT2D eigenvalue weighted by molar-refractivity contribution is -0.365. The highest BCUT2D eigenvalue weighted by atomic mass is 32.1. The van der Waals surface area contributed by atoms with Gasteiger partial charge in [-0.1, -0.05) is 0 Å². The molecule has 2 saturated heterocycles. The first-order chi connectivity index (χ1) is 40.5. The molecule has 0 unspecified atom stereocenters. The van der Waals surface area contributed by atoms with Crippen LogP contribution in [0, 0.1) is 116 Å². The van der Waals surface area contributed by atoms with Gasteiger partial charge in [0, 0.05) is 22.3 Å². The summed E-state index contributed by atoms with van der Waals surface area (Å²) in [6.45, 7) is -0.498. The Labute approximate surface area is 475 Å². The summed E-state index contributed by atoms with van der Waals surface area (Å²) in [7, 11) is 0. The van der Waals surface area contributed by atoms with Gasteiger partial charge >= 0.3 is 0 Å². The minimum absolute atomic E-state index is 0.0460. The Morgan fingerprint density at radius 1 is 0.291 bits per heavy atom. The second kappa shape index (κ2) is 20.9. The first-order valence-corrected chi connectivity index (χ1v) is 26.2. The molecule has 86 heavy (non-hydrogen) atoms. The fourth-order valence-electron chi connectivity index (χ4n) is 9.34. The van der Waals surface area contributed by atoms with Crippen molar-refractivity contribution in [2.24, 2.45) is 0 Å². The summed E-state index contributed by atoms with van der Waals surface area (Å²) < 4.78 is 303. The lowest BCUT2D eigenvalue weighted by Crippen LogP contribution is -2.53. The number of ketones is 6. The zero-order chi connectivity index (χ0) is 62.6. The fourth-order valence-corrected chi connectivity index (χ4v) is 14.1. The summed E-state index contributed by atoms with van der Waals surface area (Å²) in [4.78, 5) is 73.8. The highest BCUT2D eigenvalue weighted by Crippen LogP contribution is 2.63. The van der Waals surface area contributed by atoms with E-state index in [-0.39, 0.29) is 79.7 Å². The highest BCUT2D eigenvalue weighted by Gasteiger charge is 2.68. The van der Waals surface area contributed by atoms with Gasteiger partial charge in [0.05, 0.1) is 65.4 Å². The summed E-state index contributed by atoms with van der Waals surface area (Å²) in [5.74, 6) is -62.4. The lowest BCUT2D eigenvalue weighted by atomic mass is 9.84. The molecule has 0 bridgehead atoms. The van der Waals surface area contributed by atoms with Gasteiger partial charge in [0.1, 0.15) is 22.3 Å². The van der Waals surface area contributed by atoms with Crippen LogP contribution in [0.15, 0.2) is 24.3 Å². The molecule has 10 nitrogen and oxygen atoms in total. The summed E-state index contributed by atoms with van der Waals surface area (Å²) in [6.07, 6.45) is 0. The second-order valence-electron chi connectivity index (χ2n) is 17.8. The van der Waals surface area contributed by atoms with E-state index in [9.17, 15) is 117 Å². The van der Waals surface area contributed by atoms with Crippen molar-refractivity contribution in [1.29, 1.82) is 0 Å². The van der Waals surface area contributed by atoms with Gasteiger partial charge < -0.3 is 18.9 Å². The predicted octanol–water partition coefficient (Wildman–Crippen LogP) is 13.5. The number of hydrogen-bond acceptors (Lipinski definition) is 14. The largest absolute Gasteiger partial charge is 0.339 e. The Morgan fingerprint density at radius 2 is 0.477 bits per heavy atom. The zero-order valence-corrected chi connectivity index (χ0v) is 43.7. The topological polar surface area (TPSA) is 139 Å². The van der Waals surface area contributed by atoms with Gasteiger partial charge in [-0.15, -0.1) is 45.3 Å². The predicted molar refractivity (Wildman–Crippen MR) is 250 cm³/mol. The Hall–Kier alpha value is -7.86. The molecule has 8 aromatic rings. The van der Waals surface area contributed by atoms with E-state index in [1.807, 2.05) is 0 Å². The normalized spacial score (nSPS) is 15.3. The van der Waals surface area contributed by atoms with Crippen molar-refractivity contribution in [3.63, 3.8) is 0 Å². The average Bonchev–Trinajstić information content (AvgIpc) is 1.51. The number of carbonyl (C=O) groups is 6. The molecule has 0 radical (unpaired) electrons. The van der Waals surface area contributed by atoms with Crippen molar-refractivity contribution in [3.05, 3.63) is 205 Å². The van der Waals surface area contributed by atoms with Crippen molar-refractivity contribution in [1.82, 2.24) is 0 Å². The summed E-state index contributed by atoms with van der Waals surface area (Å²) >= 11 is 1.36. The number of Topliss-reactive ketones (excluding diaryl/α,β-unsaturated/α-hetero) is 2. The van der Waals surface area contributed by atoms with E-state index < -0.39 is 216 Å². The van der Waals surface area contributed by atoms with Gasteiger partial charge in [0.25, 0.3) is 11.6 Å². The molecule has 444 valence electrons. The maximum absolute atomic E-state index is 14.6. The van der Waals surface area contributed by atoms with Crippen LogP contribution in [-0.4, -0.2) is 61.1 Å². The molecule has 0 N–H and O–H groups in total. The molecule has 4 aliphatic rings. The van der Waals surface area contributed by atoms with Crippen molar-refractivity contribution < 1.29 is 136 Å². The van der Waals surface area contributed by atoms with E-state index in [0.29, 0.717) is 34.8 Å². The zero-order valence-electron chi connectivity index (χ0n) is 40.4. The van der Waals surface area contributed by atoms with Crippen molar-refractivity contribution in [2.45, 2.75) is 11.6 Å². The Balaban J connectivity index is 0.000000181. The molecule has 0 saturated carbocycles. The summed E-state index contributed by atoms with van der Waals surface area (Å²) in [5, 5.41) is 0. The van der Waals surface area contributed by atoms with Crippen LogP contribution < -0.4 is 0 Å². The molecule has 4 aromatic carbocycles. The lowest BCUT2D eigenvalue weighted by Gasteiger charge is -2.44. The summed E-state index contributed by atoms with van der Waals surface area (Å²) in [5.41, 5.74) is -8.62. The quantitative estimate of drug-likeness (QED) is 0.0475. The van der Waals surface area contributed by atoms with E-state index in [0.717, 1.165) is 12.1 Å². The number of benzene rings is 4. The van der Waals surface area contributed by atoms with E-state index in [2.05, 4.69) is 0 Å². The molecule has 4 aromatic heterocycles. The SMILES string of the molecule is O=C(c1cc2c(s1)-c1sc(C(=O)c3c(F)c(F)c(F)c(F)c3F)cc1C1(OCCO1)C21OCCO1)c1c(F)c(F)c(F)c(F)c1F.O=C1C(=O)c2cc(C(=O)c3c(F)c(F)c(F)c(F)c3F)sc2-c2sc(C(=O)c3c(F)c(F)c(F)c(F)c3F)cc21. The van der Waals surface area contributed by atoms with Crippen molar-refractivity contribution in [2.75, 3.05) is 26.4 Å². The first kappa shape index (κ1) is 59.9. The molecule has 2 aliphatic carbocycles. The number of thiophene rings is 4. The van der Waals surface area contributed by atoms with E-state index in [1.54, 1.807) is 0 Å². The van der Waals surface area contributed by atoms with E-state index >= 15 is 0 Å². The fraction of sp³-hybridized carbons (Fsp3) is 0.115. The van der Waals surface area contributed by atoms with E-state index in [1.165, 1.54) is 0 Å². The molecule has 0 amide bonds. The molecule has 6 heterocycles. The van der Waals surface area contributed by atoms with Crippen LogP contribution in [0.4, 0.5) is 87.8 Å². The number of fused-ring (bicyclic) bond motifs is 9. The molecular formula is C52H12F20O10S4. The van der Waals surface area contributed by atoms with Crippen LogP contribution in [0.1, 0.15) is 92.8 Å². The number of halogens is 20.